The Morgan fingerprint density at radius 1 is 1.24 bits per heavy atom. The van der Waals surface area contributed by atoms with Gasteiger partial charge in [-0.3, -0.25) is 19.7 Å². The fourth-order valence-corrected chi connectivity index (χ4v) is 2.62. The van der Waals surface area contributed by atoms with E-state index in [1.54, 1.807) is 31.2 Å². The number of benzene rings is 2. The minimum atomic E-state index is -0.751. The Hall–Kier alpha value is -3.42. The van der Waals surface area contributed by atoms with Gasteiger partial charge in [0.1, 0.15) is 11.7 Å². The van der Waals surface area contributed by atoms with Crippen LogP contribution in [0.4, 0.5) is 22.7 Å². The van der Waals surface area contributed by atoms with Gasteiger partial charge in [-0.1, -0.05) is 18.2 Å². The van der Waals surface area contributed by atoms with E-state index >= 15 is 0 Å². The number of amides is 2. The molecule has 25 heavy (non-hydrogen) atoms. The number of nitrogens with zero attached hydrogens (tertiary/aromatic N) is 1. The number of fused-ring (bicyclic) bond motifs is 1. The van der Waals surface area contributed by atoms with Gasteiger partial charge in [-0.25, -0.2) is 0 Å². The lowest BCUT2D eigenvalue weighted by Gasteiger charge is -2.26. The van der Waals surface area contributed by atoms with Crippen LogP contribution >= 0.6 is 0 Å². The number of hydrogen-bond donors (Lipinski definition) is 3. The summed E-state index contributed by atoms with van der Waals surface area (Å²) in [6, 6.07) is 11.0. The van der Waals surface area contributed by atoms with Crippen molar-refractivity contribution in [2.75, 3.05) is 16.0 Å². The zero-order valence-corrected chi connectivity index (χ0v) is 13.4. The Bertz CT molecular complexity index is 865. The molecule has 8 heteroatoms. The number of para-hydroxylation sites is 2. The lowest BCUT2D eigenvalue weighted by atomic mass is 10.1. The van der Waals surface area contributed by atoms with Crippen molar-refractivity contribution >= 4 is 34.6 Å². The summed E-state index contributed by atoms with van der Waals surface area (Å²) in [5.74, 6) is -0.814. The molecule has 8 nitrogen and oxygen atoms in total. The zero-order valence-electron chi connectivity index (χ0n) is 13.4. The molecule has 0 saturated heterocycles. The summed E-state index contributed by atoms with van der Waals surface area (Å²) in [4.78, 5) is 34.9. The van der Waals surface area contributed by atoms with Crippen LogP contribution in [0.25, 0.3) is 0 Å². The molecule has 2 amide bonds. The van der Waals surface area contributed by atoms with Crippen LogP contribution < -0.4 is 16.0 Å². The molecule has 3 rings (SSSR count). The van der Waals surface area contributed by atoms with Gasteiger partial charge in [0.25, 0.3) is 5.69 Å². The van der Waals surface area contributed by atoms with Gasteiger partial charge in [0.15, 0.2) is 0 Å². The first-order valence-corrected chi connectivity index (χ1v) is 7.65. The fourth-order valence-electron chi connectivity index (χ4n) is 2.62. The van der Waals surface area contributed by atoms with Crippen LogP contribution in [0.3, 0.4) is 0 Å². The molecule has 128 valence electrons. The highest BCUT2D eigenvalue weighted by Gasteiger charge is 2.28. The number of aryl methyl sites for hydroxylation is 1. The molecule has 0 bridgehead atoms. The molecule has 1 aliphatic rings. The van der Waals surface area contributed by atoms with E-state index in [2.05, 4.69) is 16.0 Å². The summed E-state index contributed by atoms with van der Waals surface area (Å²) < 4.78 is 0. The average molecular weight is 340 g/mol. The molecule has 3 N–H and O–H groups in total. The molecule has 0 aliphatic carbocycles. The molecule has 0 fully saturated rings. The highest BCUT2D eigenvalue weighted by atomic mass is 16.6. The lowest BCUT2D eigenvalue weighted by molar-refractivity contribution is -0.384. The number of rotatable bonds is 4. The van der Waals surface area contributed by atoms with Crippen LogP contribution in [0.2, 0.25) is 0 Å². The highest BCUT2D eigenvalue weighted by molar-refractivity contribution is 6.06. The first kappa shape index (κ1) is 16.4. The molecular formula is C17H16N4O4. The second kappa shape index (κ2) is 6.60. The Morgan fingerprint density at radius 2 is 1.96 bits per heavy atom. The topological polar surface area (TPSA) is 113 Å². The number of carbonyl (C=O) groups excluding carboxylic acids is 2. The van der Waals surface area contributed by atoms with Crippen LogP contribution in [0.1, 0.15) is 12.0 Å². The second-order valence-corrected chi connectivity index (χ2v) is 5.76. The fraction of sp³-hybridized carbons (Fsp3) is 0.176. The maximum Gasteiger partial charge on any atom is 0.293 e. The van der Waals surface area contributed by atoms with Gasteiger partial charge in [0.05, 0.1) is 22.7 Å². The molecule has 2 aromatic carbocycles. The molecule has 0 aromatic heterocycles. The highest BCUT2D eigenvalue weighted by Crippen LogP contribution is 2.28. The van der Waals surface area contributed by atoms with Gasteiger partial charge >= 0.3 is 0 Å². The maximum absolute atomic E-state index is 12.2. The van der Waals surface area contributed by atoms with Crippen molar-refractivity contribution in [2.24, 2.45) is 0 Å². The second-order valence-electron chi connectivity index (χ2n) is 5.76. The van der Waals surface area contributed by atoms with E-state index in [-0.39, 0.29) is 23.7 Å². The quantitative estimate of drug-likeness (QED) is 0.585. The SMILES string of the molecule is Cc1ccc(NC(=O)C[C@H]2Nc3ccccc3NC2=O)c([N+](=O)[O-])c1. The predicted octanol–water partition coefficient (Wildman–Crippen LogP) is 2.66. The summed E-state index contributed by atoms with van der Waals surface area (Å²) in [5.41, 5.74) is 2.02. The molecule has 0 unspecified atom stereocenters. The summed E-state index contributed by atoms with van der Waals surface area (Å²) in [7, 11) is 0. The van der Waals surface area contributed by atoms with E-state index in [1.165, 1.54) is 12.1 Å². The number of carbonyl (C=O) groups is 2. The Kier molecular flexibility index (Phi) is 4.34. The smallest absolute Gasteiger partial charge is 0.293 e. The van der Waals surface area contributed by atoms with Crippen molar-refractivity contribution in [3.05, 3.63) is 58.1 Å². The third-order valence-corrected chi connectivity index (χ3v) is 3.84. The van der Waals surface area contributed by atoms with E-state index in [4.69, 9.17) is 0 Å². The van der Waals surface area contributed by atoms with Gasteiger partial charge < -0.3 is 16.0 Å². The number of hydrogen-bond acceptors (Lipinski definition) is 5. The minimum absolute atomic E-state index is 0.109. The monoisotopic (exact) mass is 340 g/mol. The van der Waals surface area contributed by atoms with E-state index in [1.807, 2.05) is 6.07 Å². The molecule has 0 spiro atoms. The van der Waals surface area contributed by atoms with E-state index in [0.717, 1.165) is 11.3 Å². The Labute approximate surface area is 143 Å². The molecule has 1 aliphatic heterocycles. The van der Waals surface area contributed by atoms with Crippen molar-refractivity contribution in [3.8, 4) is 0 Å². The first-order valence-electron chi connectivity index (χ1n) is 7.65. The van der Waals surface area contributed by atoms with Crippen LogP contribution in [0.15, 0.2) is 42.5 Å². The third-order valence-electron chi connectivity index (χ3n) is 3.84. The van der Waals surface area contributed by atoms with Crippen molar-refractivity contribution in [2.45, 2.75) is 19.4 Å². The van der Waals surface area contributed by atoms with Crippen molar-refractivity contribution in [1.29, 1.82) is 0 Å². The zero-order chi connectivity index (χ0) is 18.0. The molecule has 1 atom stereocenters. The summed E-state index contributed by atoms with van der Waals surface area (Å²) in [6.45, 7) is 1.73. The van der Waals surface area contributed by atoms with Gasteiger partial charge in [-0.05, 0) is 30.7 Å². The summed E-state index contributed by atoms with van der Waals surface area (Å²) >= 11 is 0. The summed E-state index contributed by atoms with van der Waals surface area (Å²) in [6.07, 6.45) is -0.148. The number of nitro groups is 1. The van der Waals surface area contributed by atoms with Crippen molar-refractivity contribution in [1.82, 2.24) is 0 Å². The summed E-state index contributed by atoms with van der Waals surface area (Å²) in [5, 5.41) is 19.4. The van der Waals surface area contributed by atoms with Crippen LogP contribution in [-0.2, 0) is 9.59 Å². The first-order chi connectivity index (χ1) is 11.9. The van der Waals surface area contributed by atoms with Crippen molar-refractivity contribution < 1.29 is 14.5 Å². The third kappa shape index (κ3) is 3.57. The molecule has 0 saturated carbocycles. The molecule has 2 aromatic rings. The maximum atomic E-state index is 12.2. The lowest BCUT2D eigenvalue weighted by Crippen LogP contribution is -2.41. The van der Waals surface area contributed by atoms with Crippen LogP contribution in [0, 0.1) is 17.0 Å². The molecule has 0 radical (unpaired) electrons. The Morgan fingerprint density at radius 3 is 2.68 bits per heavy atom. The predicted molar refractivity (Wildman–Crippen MR) is 93.6 cm³/mol. The normalized spacial score (nSPS) is 15.6. The van der Waals surface area contributed by atoms with Gasteiger partial charge in [-0.15, -0.1) is 0 Å². The number of nitrogens with one attached hydrogen (secondary N) is 3. The van der Waals surface area contributed by atoms with E-state index in [9.17, 15) is 19.7 Å². The van der Waals surface area contributed by atoms with E-state index in [0.29, 0.717) is 5.69 Å². The number of anilines is 3. The van der Waals surface area contributed by atoms with Crippen LogP contribution in [0.5, 0.6) is 0 Å². The van der Waals surface area contributed by atoms with Crippen molar-refractivity contribution in [3.63, 3.8) is 0 Å². The van der Waals surface area contributed by atoms with Gasteiger partial charge in [-0.2, -0.15) is 0 Å². The molecule has 1 heterocycles. The molecular weight excluding hydrogens is 324 g/mol. The standard InChI is InChI=1S/C17H16N4O4/c1-10-6-7-13(15(8-10)21(24)25)19-16(22)9-14-17(23)20-12-5-3-2-4-11(12)18-14/h2-8,14,18H,9H2,1H3,(H,19,22)(H,20,23)/t14-/m1/s1. The Balaban J connectivity index is 1.72. The average Bonchev–Trinajstić information content (AvgIpc) is 2.57. The van der Waals surface area contributed by atoms with Gasteiger partial charge in [0.2, 0.25) is 11.8 Å². The van der Waals surface area contributed by atoms with Gasteiger partial charge in [0, 0.05) is 6.07 Å². The minimum Gasteiger partial charge on any atom is -0.372 e. The van der Waals surface area contributed by atoms with E-state index < -0.39 is 16.9 Å². The largest absolute Gasteiger partial charge is 0.372 e. The number of nitro benzene ring substituents is 1. The van der Waals surface area contributed by atoms with Crippen LogP contribution in [-0.4, -0.2) is 22.8 Å².